The number of aliphatic hydroxyl groups is 1. The van der Waals surface area contributed by atoms with E-state index in [0.717, 1.165) is 0 Å². The molecule has 0 aliphatic carbocycles. The van der Waals surface area contributed by atoms with Crippen molar-refractivity contribution in [3.05, 3.63) is 53.4 Å². The Bertz CT molecular complexity index is 592. The van der Waals surface area contributed by atoms with E-state index in [2.05, 4.69) is 4.98 Å². The minimum absolute atomic E-state index is 0.0678. The molecule has 0 aliphatic heterocycles. The summed E-state index contributed by atoms with van der Waals surface area (Å²) in [6, 6.07) is 1.91. The highest BCUT2D eigenvalue weighted by molar-refractivity contribution is 5.31. The van der Waals surface area contributed by atoms with Gasteiger partial charge >= 0.3 is 6.18 Å². The number of hydrogen-bond acceptors (Lipinski definition) is 2. The van der Waals surface area contributed by atoms with E-state index in [1.54, 1.807) is 7.05 Å². The van der Waals surface area contributed by atoms with Crippen molar-refractivity contribution in [2.75, 3.05) is 0 Å². The number of aliphatic hydroxyl groups excluding tert-OH is 1. The Morgan fingerprint density at radius 2 is 2.00 bits per heavy atom. The fraction of sp³-hybridized carbons (Fsp3) is 0.250. The summed E-state index contributed by atoms with van der Waals surface area (Å²) in [5.74, 6) is -0.846. The third kappa shape index (κ3) is 2.60. The van der Waals surface area contributed by atoms with Gasteiger partial charge in [0.2, 0.25) is 0 Å². The predicted octanol–water partition coefficient (Wildman–Crippen LogP) is 2.66. The van der Waals surface area contributed by atoms with Crippen LogP contribution in [-0.4, -0.2) is 14.7 Å². The van der Waals surface area contributed by atoms with Crippen LogP contribution in [-0.2, 0) is 13.2 Å². The maximum absolute atomic E-state index is 13.6. The maximum atomic E-state index is 13.6. The molecule has 102 valence electrons. The molecular weight excluding hydrogens is 264 g/mol. The molecule has 0 radical (unpaired) electrons. The van der Waals surface area contributed by atoms with Crippen LogP contribution in [0, 0.1) is 5.82 Å². The average Bonchev–Trinajstić information content (AvgIpc) is 2.73. The molecule has 1 unspecified atom stereocenters. The second kappa shape index (κ2) is 4.65. The topological polar surface area (TPSA) is 38.0 Å². The lowest BCUT2D eigenvalue weighted by Crippen LogP contribution is -2.12. The summed E-state index contributed by atoms with van der Waals surface area (Å²) in [5.41, 5.74) is -1.47. The summed E-state index contributed by atoms with van der Waals surface area (Å²) < 4.78 is 52.7. The van der Waals surface area contributed by atoms with Gasteiger partial charge in [-0.3, -0.25) is 0 Å². The van der Waals surface area contributed by atoms with Crippen LogP contribution in [0.25, 0.3) is 0 Å². The van der Waals surface area contributed by atoms with Gasteiger partial charge in [0, 0.05) is 25.0 Å². The van der Waals surface area contributed by atoms with Gasteiger partial charge < -0.3 is 9.67 Å². The van der Waals surface area contributed by atoms with E-state index in [1.807, 2.05) is 0 Å². The van der Waals surface area contributed by atoms with Crippen molar-refractivity contribution in [2.24, 2.45) is 7.05 Å². The molecule has 0 aliphatic rings. The van der Waals surface area contributed by atoms with E-state index in [9.17, 15) is 22.7 Å². The Morgan fingerprint density at radius 1 is 1.32 bits per heavy atom. The van der Waals surface area contributed by atoms with Crippen molar-refractivity contribution in [3.63, 3.8) is 0 Å². The quantitative estimate of drug-likeness (QED) is 0.855. The highest BCUT2D eigenvalue weighted by Gasteiger charge is 2.32. The number of nitrogens with zero attached hydrogens (tertiary/aromatic N) is 2. The fourth-order valence-corrected chi connectivity index (χ4v) is 1.71. The van der Waals surface area contributed by atoms with Crippen molar-refractivity contribution in [3.8, 4) is 0 Å². The number of benzene rings is 1. The highest BCUT2D eigenvalue weighted by atomic mass is 19.4. The van der Waals surface area contributed by atoms with Crippen molar-refractivity contribution in [1.29, 1.82) is 0 Å². The molecule has 0 saturated heterocycles. The maximum Gasteiger partial charge on any atom is 0.416 e. The third-order valence-electron chi connectivity index (χ3n) is 2.72. The molecule has 0 amide bonds. The molecule has 0 saturated carbocycles. The largest absolute Gasteiger partial charge is 0.416 e. The van der Waals surface area contributed by atoms with Crippen LogP contribution in [0.5, 0.6) is 0 Å². The van der Waals surface area contributed by atoms with Gasteiger partial charge in [-0.05, 0) is 18.2 Å². The Morgan fingerprint density at radius 3 is 2.53 bits per heavy atom. The Labute approximate surface area is 106 Å². The number of hydrogen-bond donors (Lipinski definition) is 1. The lowest BCUT2D eigenvalue weighted by atomic mass is 10.0. The lowest BCUT2D eigenvalue weighted by molar-refractivity contribution is -0.137. The number of alkyl halides is 3. The molecular formula is C12H10F4N2O. The van der Waals surface area contributed by atoms with Gasteiger partial charge in [-0.15, -0.1) is 0 Å². The first kappa shape index (κ1) is 13.5. The minimum atomic E-state index is -4.59. The first-order valence-electron chi connectivity index (χ1n) is 5.32. The Balaban J connectivity index is 2.47. The Hall–Kier alpha value is -1.89. The summed E-state index contributed by atoms with van der Waals surface area (Å²) in [6.45, 7) is 0. The van der Waals surface area contributed by atoms with Gasteiger partial charge in [0.05, 0.1) is 5.56 Å². The predicted molar refractivity (Wildman–Crippen MR) is 58.7 cm³/mol. The zero-order chi connectivity index (χ0) is 14.2. The highest BCUT2D eigenvalue weighted by Crippen LogP contribution is 2.33. The first-order chi connectivity index (χ1) is 8.80. The van der Waals surface area contributed by atoms with Crippen LogP contribution in [0.2, 0.25) is 0 Å². The van der Waals surface area contributed by atoms with Crippen molar-refractivity contribution >= 4 is 0 Å². The fourth-order valence-electron chi connectivity index (χ4n) is 1.71. The van der Waals surface area contributed by atoms with Gasteiger partial charge in [-0.1, -0.05) is 0 Å². The number of rotatable bonds is 2. The number of imidazole rings is 1. The molecule has 0 spiro atoms. The third-order valence-corrected chi connectivity index (χ3v) is 2.72. The van der Waals surface area contributed by atoms with Gasteiger partial charge in [0.1, 0.15) is 17.7 Å². The summed E-state index contributed by atoms with van der Waals surface area (Å²) in [4.78, 5) is 3.79. The summed E-state index contributed by atoms with van der Waals surface area (Å²) in [7, 11) is 1.55. The van der Waals surface area contributed by atoms with Crippen LogP contribution < -0.4 is 0 Å². The molecule has 0 fully saturated rings. The van der Waals surface area contributed by atoms with Crippen LogP contribution in [0.15, 0.2) is 30.6 Å². The molecule has 0 bridgehead atoms. The SMILES string of the molecule is Cn1ccnc1C(O)c1cc(C(F)(F)F)ccc1F. The smallest absolute Gasteiger partial charge is 0.380 e. The van der Waals surface area contributed by atoms with Crippen LogP contribution in [0.4, 0.5) is 17.6 Å². The number of aryl methyl sites for hydroxylation is 1. The standard InChI is InChI=1S/C12H10F4N2O/c1-18-5-4-17-11(18)10(19)8-6-7(12(14,15)16)2-3-9(8)13/h2-6,10,19H,1H3. The molecule has 19 heavy (non-hydrogen) atoms. The monoisotopic (exact) mass is 274 g/mol. The lowest BCUT2D eigenvalue weighted by Gasteiger charge is -2.14. The zero-order valence-electron chi connectivity index (χ0n) is 9.82. The van der Waals surface area contributed by atoms with E-state index in [0.29, 0.717) is 18.2 Å². The summed E-state index contributed by atoms with van der Waals surface area (Å²) >= 11 is 0. The second-order valence-corrected chi connectivity index (χ2v) is 4.03. The normalized spacial score (nSPS) is 13.6. The molecule has 7 heteroatoms. The van der Waals surface area contributed by atoms with Gasteiger partial charge in [-0.2, -0.15) is 13.2 Å². The molecule has 1 atom stereocenters. The molecule has 1 aromatic carbocycles. The van der Waals surface area contributed by atoms with Gasteiger partial charge in [0.15, 0.2) is 0 Å². The van der Waals surface area contributed by atoms with E-state index >= 15 is 0 Å². The number of aromatic nitrogens is 2. The van der Waals surface area contributed by atoms with E-state index < -0.39 is 29.2 Å². The van der Waals surface area contributed by atoms with E-state index in [4.69, 9.17) is 0 Å². The minimum Gasteiger partial charge on any atom is -0.380 e. The van der Waals surface area contributed by atoms with E-state index in [1.165, 1.54) is 17.0 Å². The molecule has 2 rings (SSSR count). The van der Waals surface area contributed by atoms with E-state index in [-0.39, 0.29) is 5.82 Å². The first-order valence-corrected chi connectivity index (χ1v) is 5.32. The molecule has 1 heterocycles. The molecule has 3 nitrogen and oxygen atoms in total. The Kier molecular flexibility index (Phi) is 3.32. The van der Waals surface area contributed by atoms with Gasteiger partial charge in [-0.25, -0.2) is 9.37 Å². The summed E-state index contributed by atoms with van der Waals surface area (Å²) in [6.07, 6.45) is -3.28. The van der Waals surface area contributed by atoms with Crippen LogP contribution in [0.1, 0.15) is 23.1 Å². The molecule has 1 N–H and O–H groups in total. The van der Waals surface area contributed by atoms with Gasteiger partial charge in [0.25, 0.3) is 0 Å². The summed E-state index contributed by atoms with van der Waals surface area (Å²) in [5, 5.41) is 9.94. The second-order valence-electron chi connectivity index (χ2n) is 4.03. The van der Waals surface area contributed by atoms with Crippen molar-refractivity contribution in [2.45, 2.75) is 12.3 Å². The molecule has 2 aromatic rings. The van der Waals surface area contributed by atoms with Crippen molar-refractivity contribution < 1.29 is 22.7 Å². The van der Waals surface area contributed by atoms with Crippen molar-refractivity contribution in [1.82, 2.24) is 9.55 Å². The number of halogens is 4. The van der Waals surface area contributed by atoms with Crippen LogP contribution >= 0.6 is 0 Å². The average molecular weight is 274 g/mol. The van der Waals surface area contributed by atoms with Crippen LogP contribution in [0.3, 0.4) is 0 Å². The molecule has 1 aromatic heterocycles. The zero-order valence-corrected chi connectivity index (χ0v) is 9.82.